The van der Waals surface area contributed by atoms with Crippen molar-refractivity contribution in [1.82, 2.24) is 13.9 Å². The van der Waals surface area contributed by atoms with Crippen LogP contribution in [-0.2, 0) is 11.8 Å². The molecule has 2 heterocycles. The first kappa shape index (κ1) is 26.3. The molecule has 0 aliphatic heterocycles. The molecule has 0 fully saturated rings. The highest BCUT2D eigenvalue weighted by Gasteiger charge is 2.21. The van der Waals surface area contributed by atoms with E-state index in [-0.39, 0.29) is 11.6 Å². The Morgan fingerprint density at radius 3 is 2.22 bits per heavy atom. The van der Waals surface area contributed by atoms with Crippen LogP contribution in [-0.4, -0.2) is 49.0 Å². The van der Waals surface area contributed by atoms with Crippen LogP contribution in [0.15, 0.2) is 57.6 Å². The lowest BCUT2D eigenvalue weighted by atomic mass is 10.1. The smallest absolute Gasteiger partial charge is 0.297 e. The highest BCUT2D eigenvalue weighted by Crippen LogP contribution is 2.41. The Labute approximate surface area is 219 Å². The van der Waals surface area contributed by atoms with E-state index in [1.807, 2.05) is 66.5 Å². The Hall–Kier alpha value is -3.76. The number of hydrogen-bond donors (Lipinski definition) is 0. The van der Waals surface area contributed by atoms with E-state index >= 15 is 0 Å². The number of aromatic nitrogens is 3. The molecule has 1 atom stereocenters. The van der Waals surface area contributed by atoms with Crippen molar-refractivity contribution in [3.8, 4) is 34.2 Å². The molecule has 0 N–H and O–H groups in total. The predicted molar refractivity (Wildman–Crippen MR) is 145 cm³/mol. The summed E-state index contributed by atoms with van der Waals surface area (Å²) >= 11 is 1.46. The molecule has 0 amide bonds. The van der Waals surface area contributed by atoms with Gasteiger partial charge in [0.15, 0.2) is 22.0 Å². The maximum Gasteiger partial charge on any atom is 0.297 e. The highest BCUT2D eigenvalue weighted by molar-refractivity contribution is 7.07. The zero-order valence-electron chi connectivity index (χ0n) is 22.1. The maximum atomic E-state index is 13.5. The van der Waals surface area contributed by atoms with Gasteiger partial charge in [0.05, 0.1) is 51.1 Å². The molecule has 10 heteroatoms. The third-order valence-corrected chi connectivity index (χ3v) is 7.12. The zero-order valence-corrected chi connectivity index (χ0v) is 23.0. The largest absolute Gasteiger partial charge is 0.493 e. The molecule has 1 unspecified atom stereocenters. The second-order valence-corrected chi connectivity index (χ2v) is 9.35. The summed E-state index contributed by atoms with van der Waals surface area (Å²) in [5.74, 6) is 1.63. The first-order valence-corrected chi connectivity index (χ1v) is 12.6. The number of ether oxygens (including phenoxy) is 4. The summed E-state index contributed by atoms with van der Waals surface area (Å²) in [4.78, 5) is 19.1. The molecule has 2 aromatic carbocycles. The Morgan fingerprint density at radius 2 is 1.65 bits per heavy atom. The van der Waals surface area contributed by atoms with E-state index in [2.05, 4.69) is 11.5 Å². The number of thiazole rings is 1. The standard InChI is InChI=1S/C27H32N4O5S/c1-17(15-33-4)30-21(19-13-22(34-5)25(36-7)23(14-19)35-6)16-37-27(30)28-24-18(2)29(3)31(26(24)32)20-11-9-8-10-12-20/h8-14,16-17H,15H2,1-7H3. The first-order valence-electron chi connectivity index (χ1n) is 11.7. The molecular formula is C27H32N4O5S. The molecule has 37 heavy (non-hydrogen) atoms. The molecule has 4 aromatic rings. The minimum atomic E-state index is -0.181. The van der Waals surface area contributed by atoms with Crippen LogP contribution in [0.5, 0.6) is 17.2 Å². The lowest BCUT2D eigenvalue weighted by molar-refractivity contribution is 0.162. The van der Waals surface area contributed by atoms with Gasteiger partial charge in [-0.05, 0) is 38.1 Å². The average molecular weight is 525 g/mol. The van der Waals surface area contributed by atoms with Crippen LogP contribution in [0.1, 0.15) is 18.7 Å². The first-order chi connectivity index (χ1) is 17.9. The summed E-state index contributed by atoms with van der Waals surface area (Å²) in [5.41, 5.74) is 3.51. The zero-order chi connectivity index (χ0) is 26.7. The topological polar surface area (TPSA) is 81.1 Å². The monoisotopic (exact) mass is 524 g/mol. The maximum absolute atomic E-state index is 13.5. The fourth-order valence-electron chi connectivity index (χ4n) is 4.36. The Morgan fingerprint density at radius 1 is 1.00 bits per heavy atom. The predicted octanol–water partition coefficient (Wildman–Crippen LogP) is 4.48. The quantitative estimate of drug-likeness (QED) is 0.323. The minimum absolute atomic E-state index is 0.0653. The van der Waals surface area contributed by atoms with E-state index in [9.17, 15) is 4.79 Å². The molecule has 0 spiro atoms. The van der Waals surface area contributed by atoms with Gasteiger partial charge in [-0.2, -0.15) is 0 Å². The van der Waals surface area contributed by atoms with Gasteiger partial charge >= 0.3 is 0 Å². The third-order valence-electron chi connectivity index (χ3n) is 6.28. The van der Waals surface area contributed by atoms with Crippen LogP contribution >= 0.6 is 11.3 Å². The van der Waals surface area contributed by atoms with Gasteiger partial charge in [0.2, 0.25) is 5.75 Å². The van der Waals surface area contributed by atoms with E-state index in [4.69, 9.17) is 23.9 Å². The van der Waals surface area contributed by atoms with Gasteiger partial charge in [0, 0.05) is 25.1 Å². The summed E-state index contributed by atoms with van der Waals surface area (Å²) in [6.45, 7) is 4.41. The number of hydrogen-bond acceptors (Lipinski definition) is 7. The van der Waals surface area contributed by atoms with Crippen LogP contribution in [0, 0.1) is 6.92 Å². The molecule has 0 radical (unpaired) electrons. The van der Waals surface area contributed by atoms with E-state index in [1.54, 1.807) is 33.1 Å². The molecule has 9 nitrogen and oxygen atoms in total. The van der Waals surface area contributed by atoms with Crippen molar-refractivity contribution in [3.05, 3.63) is 68.7 Å². The lowest BCUT2D eigenvalue weighted by Gasteiger charge is -2.18. The Balaban J connectivity index is 1.95. The Bertz CT molecular complexity index is 1490. The van der Waals surface area contributed by atoms with E-state index < -0.39 is 0 Å². The van der Waals surface area contributed by atoms with Gasteiger partial charge < -0.3 is 23.5 Å². The summed E-state index contributed by atoms with van der Waals surface area (Å²) in [5, 5.41) is 2.01. The molecule has 0 aliphatic carbocycles. The van der Waals surface area contributed by atoms with Gasteiger partial charge in [-0.25, -0.2) is 9.67 Å². The molecule has 196 valence electrons. The molecule has 4 rings (SSSR count). The second-order valence-electron chi connectivity index (χ2n) is 8.51. The number of benzene rings is 2. The third kappa shape index (κ3) is 4.82. The normalized spacial score (nSPS) is 12.6. The summed E-state index contributed by atoms with van der Waals surface area (Å²) < 4.78 is 27.7. The fraction of sp³-hybridized carbons (Fsp3) is 0.333. The van der Waals surface area contributed by atoms with Crippen LogP contribution in [0.2, 0.25) is 0 Å². The number of methoxy groups -OCH3 is 4. The van der Waals surface area contributed by atoms with Crippen molar-refractivity contribution in [3.63, 3.8) is 0 Å². The number of rotatable bonds is 9. The SMILES string of the molecule is COCC(C)n1c(-c2cc(OC)c(OC)c(OC)c2)csc1=Nc1c(C)n(C)n(-c2ccccc2)c1=O. The van der Waals surface area contributed by atoms with Crippen LogP contribution in [0.25, 0.3) is 16.9 Å². The number of para-hydroxylation sites is 1. The average Bonchev–Trinajstić information content (AvgIpc) is 3.43. The van der Waals surface area contributed by atoms with Crippen molar-refractivity contribution in [2.45, 2.75) is 19.9 Å². The van der Waals surface area contributed by atoms with Crippen molar-refractivity contribution in [1.29, 1.82) is 0 Å². The summed E-state index contributed by atoms with van der Waals surface area (Å²) in [6.07, 6.45) is 0. The minimum Gasteiger partial charge on any atom is -0.493 e. The van der Waals surface area contributed by atoms with Gasteiger partial charge in [-0.1, -0.05) is 18.2 Å². The molecule has 0 aliphatic rings. The summed E-state index contributed by atoms with van der Waals surface area (Å²) in [7, 11) is 8.28. The molecule has 0 saturated heterocycles. The van der Waals surface area contributed by atoms with Crippen molar-refractivity contribution >= 4 is 17.0 Å². The van der Waals surface area contributed by atoms with E-state index in [0.717, 1.165) is 22.6 Å². The van der Waals surface area contributed by atoms with Gasteiger partial charge in [-0.3, -0.25) is 9.48 Å². The van der Waals surface area contributed by atoms with Gasteiger partial charge in [0.1, 0.15) is 0 Å². The van der Waals surface area contributed by atoms with Gasteiger partial charge in [-0.15, -0.1) is 11.3 Å². The number of nitrogens with zero attached hydrogens (tertiary/aromatic N) is 4. The second kappa shape index (κ2) is 11.1. The van der Waals surface area contributed by atoms with Crippen molar-refractivity contribution in [2.24, 2.45) is 12.0 Å². The lowest BCUT2D eigenvalue weighted by Crippen LogP contribution is -2.24. The van der Waals surface area contributed by atoms with E-state index in [1.165, 1.54) is 11.3 Å². The molecular weight excluding hydrogens is 492 g/mol. The van der Waals surface area contributed by atoms with Crippen LogP contribution in [0.3, 0.4) is 0 Å². The molecule has 0 bridgehead atoms. The molecule has 0 saturated carbocycles. The van der Waals surface area contributed by atoms with Crippen molar-refractivity contribution in [2.75, 3.05) is 35.0 Å². The highest BCUT2D eigenvalue weighted by atomic mass is 32.1. The summed E-state index contributed by atoms with van der Waals surface area (Å²) in [6, 6.07) is 13.3. The Kier molecular flexibility index (Phi) is 7.89. The van der Waals surface area contributed by atoms with Crippen LogP contribution in [0.4, 0.5) is 5.69 Å². The van der Waals surface area contributed by atoms with Crippen LogP contribution < -0.4 is 24.6 Å². The molecule has 2 aromatic heterocycles. The van der Waals surface area contributed by atoms with Crippen molar-refractivity contribution < 1.29 is 18.9 Å². The van der Waals surface area contributed by atoms with E-state index in [0.29, 0.717) is 34.3 Å². The van der Waals surface area contributed by atoms with Gasteiger partial charge in [0.25, 0.3) is 5.56 Å². The fourth-order valence-corrected chi connectivity index (χ4v) is 5.36.